The van der Waals surface area contributed by atoms with Crippen molar-refractivity contribution in [2.24, 2.45) is 7.05 Å². The molecule has 3 N–H and O–H groups in total. The van der Waals surface area contributed by atoms with Crippen LogP contribution in [-0.4, -0.2) is 27.3 Å². The Bertz CT molecular complexity index is 290. The number of hydrogen-bond donors (Lipinski definition) is 2. The summed E-state index contributed by atoms with van der Waals surface area (Å²) in [4.78, 5) is 0. The zero-order valence-corrected chi connectivity index (χ0v) is 8.47. The number of hydrogen-bond acceptors (Lipinski definition) is 4. The molecule has 0 aromatic carbocycles. The second-order valence-corrected chi connectivity index (χ2v) is 4.46. The topological polar surface area (TPSA) is 55.9 Å². The highest BCUT2D eigenvalue weighted by molar-refractivity contribution is 7.99. The van der Waals surface area contributed by atoms with Crippen LogP contribution >= 0.6 is 11.8 Å². The summed E-state index contributed by atoms with van der Waals surface area (Å²) >= 11 is 1.98. The Kier molecular flexibility index (Phi) is 2.35. The maximum atomic E-state index is 5.77. The third-order valence-corrected chi connectivity index (χ3v) is 3.29. The first kappa shape index (κ1) is 8.74. The second-order valence-electron chi connectivity index (χ2n) is 3.31. The molecule has 2 rings (SSSR count). The van der Waals surface area contributed by atoms with Gasteiger partial charge in [-0.25, -0.2) is 0 Å². The molecular weight excluding hydrogens is 184 g/mol. The van der Waals surface area contributed by atoms with Crippen molar-refractivity contribution in [3.63, 3.8) is 0 Å². The Morgan fingerprint density at radius 1 is 1.77 bits per heavy atom. The van der Waals surface area contributed by atoms with E-state index in [4.69, 9.17) is 5.73 Å². The van der Waals surface area contributed by atoms with Crippen molar-refractivity contribution >= 4 is 23.3 Å². The van der Waals surface area contributed by atoms with Crippen LogP contribution in [0.4, 0.5) is 11.5 Å². The van der Waals surface area contributed by atoms with E-state index in [9.17, 15) is 0 Å². The van der Waals surface area contributed by atoms with Gasteiger partial charge < -0.3 is 11.1 Å². The predicted molar refractivity (Wildman–Crippen MR) is 57.0 cm³/mol. The Labute approximate surface area is 81.9 Å². The third kappa shape index (κ3) is 1.91. The minimum absolute atomic E-state index is 0.544. The molecule has 1 aromatic heterocycles. The Morgan fingerprint density at radius 3 is 3.15 bits per heavy atom. The Balaban J connectivity index is 2.03. The van der Waals surface area contributed by atoms with Gasteiger partial charge in [0, 0.05) is 25.0 Å². The number of anilines is 2. The lowest BCUT2D eigenvalue weighted by atomic mass is 10.2. The minimum Gasteiger partial charge on any atom is -0.394 e. The molecule has 0 bridgehead atoms. The van der Waals surface area contributed by atoms with Gasteiger partial charge in [-0.15, -0.1) is 0 Å². The Hall–Kier alpha value is -0.840. The monoisotopic (exact) mass is 198 g/mol. The second kappa shape index (κ2) is 3.49. The third-order valence-electron chi connectivity index (χ3n) is 2.13. The van der Waals surface area contributed by atoms with E-state index in [1.165, 1.54) is 12.2 Å². The fourth-order valence-corrected chi connectivity index (χ4v) is 2.61. The van der Waals surface area contributed by atoms with Gasteiger partial charge in [-0.1, -0.05) is 0 Å². The standard InChI is InChI=1S/C8H14N4S/c1-12-4-7(9)8(11-12)10-6-2-3-13-5-6/h4,6H,2-3,5,9H2,1H3,(H,10,11). The fourth-order valence-electron chi connectivity index (χ4n) is 1.46. The van der Waals surface area contributed by atoms with Crippen LogP contribution in [0.5, 0.6) is 0 Å². The molecule has 0 aliphatic carbocycles. The van der Waals surface area contributed by atoms with Gasteiger partial charge >= 0.3 is 0 Å². The number of nitrogens with one attached hydrogen (secondary N) is 1. The molecule has 0 amide bonds. The number of rotatable bonds is 2. The summed E-state index contributed by atoms with van der Waals surface area (Å²) in [6.45, 7) is 0. The average Bonchev–Trinajstić information content (AvgIpc) is 2.63. The summed E-state index contributed by atoms with van der Waals surface area (Å²) in [5.41, 5.74) is 6.50. The number of nitrogens with two attached hydrogens (primary N) is 1. The molecule has 1 fully saturated rings. The molecule has 1 aromatic rings. The van der Waals surface area contributed by atoms with Gasteiger partial charge in [-0.05, 0) is 12.2 Å². The average molecular weight is 198 g/mol. The highest BCUT2D eigenvalue weighted by atomic mass is 32.2. The molecule has 0 spiro atoms. The molecule has 13 heavy (non-hydrogen) atoms. The lowest BCUT2D eigenvalue weighted by Crippen LogP contribution is -2.19. The van der Waals surface area contributed by atoms with Gasteiger partial charge in [0.25, 0.3) is 0 Å². The van der Waals surface area contributed by atoms with Crippen LogP contribution in [-0.2, 0) is 7.05 Å². The summed E-state index contributed by atoms with van der Waals surface area (Å²) in [7, 11) is 1.88. The SMILES string of the molecule is Cn1cc(N)c(NC2CCSC2)n1. The van der Waals surface area contributed by atoms with E-state index in [0.29, 0.717) is 6.04 Å². The summed E-state index contributed by atoms with van der Waals surface area (Å²) in [6, 6.07) is 0.544. The van der Waals surface area contributed by atoms with E-state index in [2.05, 4.69) is 10.4 Å². The summed E-state index contributed by atoms with van der Waals surface area (Å²) in [6.07, 6.45) is 3.03. The number of nitrogen functional groups attached to an aromatic ring is 1. The number of nitrogens with zero attached hydrogens (tertiary/aromatic N) is 2. The number of thioether (sulfide) groups is 1. The maximum Gasteiger partial charge on any atom is 0.171 e. The first-order valence-electron chi connectivity index (χ1n) is 4.39. The zero-order valence-electron chi connectivity index (χ0n) is 7.66. The van der Waals surface area contributed by atoms with Crippen LogP contribution < -0.4 is 11.1 Å². The van der Waals surface area contributed by atoms with Crippen molar-refractivity contribution in [3.05, 3.63) is 6.20 Å². The van der Waals surface area contributed by atoms with Gasteiger partial charge in [-0.3, -0.25) is 4.68 Å². The molecule has 1 unspecified atom stereocenters. The number of aromatic nitrogens is 2. The van der Waals surface area contributed by atoms with E-state index >= 15 is 0 Å². The Morgan fingerprint density at radius 2 is 2.62 bits per heavy atom. The van der Waals surface area contributed by atoms with Crippen molar-refractivity contribution < 1.29 is 0 Å². The van der Waals surface area contributed by atoms with Crippen molar-refractivity contribution in [1.82, 2.24) is 9.78 Å². The van der Waals surface area contributed by atoms with Crippen molar-refractivity contribution in [2.45, 2.75) is 12.5 Å². The lowest BCUT2D eigenvalue weighted by molar-refractivity contribution is 0.752. The molecule has 1 atom stereocenters. The molecule has 1 aliphatic rings. The van der Waals surface area contributed by atoms with E-state index in [0.717, 1.165) is 17.3 Å². The quantitative estimate of drug-likeness (QED) is 0.742. The first-order chi connectivity index (χ1) is 6.25. The molecule has 0 saturated carbocycles. The van der Waals surface area contributed by atoms with Crippen LogP contribution in [0.2, 0.25) is 0 Å². The predicted octanol–water partition coefficient (Wildman–Crippen LogP) is 0.920. The van der Waals surface area contributed by atoms with E-state index in [1.54, 1.807) is 4.68 Å². The molecule has 1 saturated heterocycles. The van der Waals surface area contributed by atoms with E-state index in [-0.39, 0.29) is 0 Å². The van der Waals surface area contributed by atoms with Gasteiger partial charge in [-0.2, -0.15) is 16.9 Å². The van der Waals surface area contributed by atoms with Gasteiger partial charge in [0.2, 0.25) is 0 Å². The highest BCUT2D eigenvalue weighted by Crippen LogP contribution is 2.23. The van der Waals surface area contributed by atoms with Gasteiger partial charge in [0.15, 0.2) is 5.82 Å². The highest BCUT2D eigenvalue weighted by Gasteiger charge is 2.17. The fraction of sp³-hybridized carbons (Fsp3) is 0.625. The van der Waals surface area contributed by atoms with Crippen LogP contribution in [0.3, 0.4) is 0 Å². The smallest absolute Gasteiger partial charge is 0.171 e. The van der Waals surface area contributed by atoms with Crippen molar-refractivity contribution in [3.8, 4) is 0 Å². The van der Waals surface area contributed by atoms with E-state index in [1.807, 2.05) is 25.0 Å². The van der Waals surface area contributed by atoms with Crippen LogP contribution in [0.1, 0.15) is 6.42 Å². The normalized spacial score (nSPS) is 22.1. The summed E-state index contributed by atoms with van der Waals surface area (Å²) < 4.78 is 1.74. The van der Waals surface area contributed by atoms with Gasteiger partial charge in [0.1, 0.15) is 0 Å². The van der Waals surface area contributed by atoms with Crippen LogP contribution in [0.15, 0.2) is 6.20 Å². The summed E-state index contributed by atoms with van der Waals surface area (Å²) in [5, 5.41) is 7.60. The zero-order chi connectivity index (χ0) is 9.26. The summed E-state index contributed by atoms with van der Waals surface area (Å²) in [5.74, 6) is 3.23. The first-order valence-corrected chi connectivity index (χ1v) is 5.54. The van der Waals surface area contributed by atoms with Crippen LogP contribution in [0.25, 0.3) is 0 Å². The van der Waals surface area contributed by atoms with E-state index < -0.39 is 0 Å². The minimum atomic E-state index is 0.544. The largest absolute Gasteiger partial charge is 0.394 e. The van der Waals surface area contributed by atoms with Gasteiger partial charge in [0.05, 0.1) is 5.69 Å². The molecule has 2 heterocycles. The van der Waals surface area contributed by atoms with Crippen molar-refractivity contribution in [1.29, 1.82) is 0 Å². The molecule has 1 aliphatic heterocycles. The van der Waals surface area contributed by atoms with Crippen molar-refractivity contribution in [2.75, 3.05) is 22.6 Å². The molecule has 0 radical (unpaired) electrons. The molecular formula is C8H14N4S. The molecule has 4 nitrogen and oxygen atoms in total. The van der Waals surface area contributed by atoms with Crippen LogP contribution in [0, 0.1) is 0 Å². The number of aryl methyl sites for hydroxylation is 1. The maximum absolute atomic E-state index is 5.77. The lowest BCUT2D eigenvalue weighted by Gasteiger charge is -2.09. The molecule has 72 valence electrons. The molecule has 5 heteroatoms.